The summed E-state index contributed by atoms with van der Waals surface area (Å²) in [4.78, 5) is 72.7. The molecule has 95 heavy (non-hydrogen) atoms. The van der Waals surface area contributed by atoms with Gasteiger partial charge in [-0.15, -0.1) is 0 Å². The molecule has 19 heteroatoms. The molecular weight excluding hydrogens is 1250 g/mol. The van der Waals surface area contributed by atoms with E-state index in [2.05, 4.69) is 90.2 Å². The van der Waals surface area contributed by atoms with Gasteiger partial charge in [0.25, 0.3) is 0 Å². The number of carbonyl (C=O) groups excluding carboxylic acids is 4. The minimum Gasteiger partial charge on any atom is -0.462 e. The number of aliphatic hydroxyl groups is 1. The smallest absolute Gasteiger partial charge is 0.462 e. The van der Waals surface area contributed by atoms with Crippen LogP contribution in [0.15, 0.2) is 48.6 Å². The summed E-state index contributed by atoms with van der Waals surface area (Å²) < 4.78 is 68.4. The molecule has 0 aliphatic heterocycles. The maximum absolute atomic E-state index is 13.1. The molecule has 0 radical (unpaired) electrons. The van der Waals surface area contributed by atoms with Gasteiger partial charge in [-0.05, 0) is 88.9 Å². The van der Waals surface area contributed by atoms with E-state index in [9.17, 15) is 43.2 Å². The van der Waals surface area contributed by atoms with Crippen molar-refractivity contribution >= 4 is 39.5 Å². The first-order valence-electron chi connectivity index (χ1n) is 38.1. The number of phosphoric acid groups is 2. The van der Waals surface area contributed by atoms with E-state index in [1.165, 1.54) is 122 Å². The fourth-order valence-corrected chi connectivity index (χ4v) is 12.2. The van der Waals surface area contributed by atoms with Crippen molar-refractivity contribution in [2.45, 2.75) is 362 Å². The molecule has 17 nitrogen and oxygen atoms in total. The molecule has 0 rings (SSSR count). The zero-order valence-electron chi connectivity index (χ0n) is 60.9. The Morgan fingerprint density at radius 3 is 0.853 bits per heavy atom. The van der Waals surface area contributed by atoms with Gasteiger partial charge in [-0.2, -0.15) is 0 Å². The van der Waals surface area contributed by atoms with Crippen molar-refractivity contribution in [3.05, 3.63) is 48.6 Å². The highest BCUT2D eigenvalue weighted by Gasteiger charge is 2.30. The summed E-state index contributed by atoms with van der Waals surface area (Å²) in [6, 6.07) is 0. The average Bonchev–Trinajstić information content (AvgIpc) is 1.77. The lowest BCUT2D eigenvalue weighted by molar-refractivity contribution is -0.161. The molecule has 0 aromatic rings. The third-order valence-electron chi connectivity index (χ3n) is 16.5. The van der Waals surface area contributed by atoms with Crippen molar-refractivity contribution in [1.29, 1.82) is 0 Å². The Morgan fingerprint density at radius 1 is 0.326 bits per heavy atom. The molecule has 556 valence electrons. The first-order valence-corrected chi connectivity index (χ1v) is 41.1. The Morgan fingerprint density at radius 2 is 0.568 bits per heavy atom. The molecule has 0 aliphatic carbocycles. The van der Waals surface area contributed by atoms with Crippen molar-refractivity contribution in [2.24, 2.45) is 11.8 Å². The highest BCUT2D eigenvalue weighted by Crippen LogP contribution is 2.45. The Kier molecular flexibility index (Phi) is 64.8. The van der Waals surface area contributed by atoms with Crippen LogP contribution in [-0.4, -0.2) is 96.7 Å². The third-order valence-corrected chi connectivity index (χ3v) is 18.4. The van der Waals surface area contributed by atoms with Gasteiger partial charge in [-0.3, -0.25) is 37.3 Å². The normalized spacial score (nSPS) is 14.3. The Balaban J connectivity index is 5.32. The minimum atomic E-state index is -4.97. The topological polar surface area (TPSA) is 237 Å². The maximum Gasteiger partial charge on any atom is 0.472 e. The molecule has 0 heterocycles. The lowest BCUT2D eigenvalue weighted by Crippen LogP contribution is -2.30. The Hall–Kier alpha value is -2.98. The SMILES string of the molecule is CCCCCC/C=C\C=C/CCCCCCCC(=O)OC[C@H](COP(=O)(O)OCC(O)COP(=O)(O)OC[C@@H](COC(=O)CCCCCCCCCC(C)C)OC(=O)CCCCCCC/C=C\C=C/CCCCCC)OC(=O)CCCCCCCCCCCCCCC(C)C. The van der Waals surface area contributed by atoms with E-state index in [4.69, 9.17) is 37.0 Å². The van der Waals surface area contributed by atoms with Crippen LogP contribution in [0.4, 0.5) is 0 Å². The van der Waals surface area contributed by atoms with Crippen LogP contribution in [-0.2, 0) is 65.4 Å². The lowest BCUT2D eigenvalue weighted by atomic mass is 10.0. The van der Waals surface area contributed by atoms with Crippen molar-refractivity contribution in [3.63, 3.8) is 0 Å². The standard InChI is InChI=1S/C76H140O17P2/c1-7-9-11-13-15-17-19-21-23-25-30-34-40-46-52-58-73(78)86-64-71(92-76(81)61-55-49-42-36-32-28-27-29-33-38-44-50-56-68(3)4)66-90-94(82,83)88-62-70(77)63-89-95(84,85)91-67-72(65-87-74(79)59-53-47-43-37-39-45-51-57-69(5)6)93-75(80)60-54-48-41-35-31-26-24-22-20-18-16-14-12-10-8-2/h17-24,68-72,77H,7-16,25-67H2,1-6H3,(H,82,83)(H,84,85)/b19-17-,20-18-,23-21-,24-22-/t70?,71-,72-/m1/s1. The molecule has 0 saturated heterocycles. The Labute approximate surface area is 578 Å². The number of hydrogen-bond acceptors (Lipinski definition) is 15. The van der Waals surface area contributed by atoms with E-state index in [1.807, 2.05) is 0 Å². The number of ether oxygens (including phenoxy) is 4. The molecule has 3 N–H and O–H groups in total. The van der Waals surface area contributed by atoms with Crippen LogP contribution in [0.25, 0.3) is 0 Å². The molecule has 0 aromatic heterocycles. The number of carbonyl (C=O) groups is 4. The summed E-state index contributed by atoms with van der Waals surface area (Å²) in [5.74, 6) is -0.705. The van der Waals surface area contributed by atoms with E-state index in [0.717, 1.165) is 134 Å². The average molecular weight is 1390 g/mol. The summed E-state index contributed by atoms with van der Waals surface area (Å²) in [7, 11) is -9.94. The molecule has 0 fully saturated rings. The molecule has 5 atom stereocenters. The largest absolute Gasteiger partial charge is 0.472 e. The fraction of sp³-hybridized carbons (Fsp3) is 0.842. The lowest BCUT2D eigenvalue weighted by Gasteiger charge is -2.21. The number of aliphatic hydroxyl groups excluding tert-OH is 1. The van der Waals surface area contributed by atoms with Crippen LogP contribution >= 0.6 is 15.6 Å². The van der Waals surface area contributed by atoms with Crippen LogP contribution in [0.5, 0.6) is 0 Å². The van der Waals surface area contributed by atoms with Crippen LogP contribution in [0.1, 0.15) is 343 Å². The van der Waals surface area contributed by atoms with Gasteiger partial charge < -0.3 is 33.8 Å². The van der Waals surface area contributed by atoms with Gasteiger partial charge in [-0.25, -0.2) is 9.13 Å². The second kappa shape index (κ2) is 66.9. The molecular formula is C76H140O17P2. The van der Waals surface area contributed by atoms with Crippen molar-refractivity contribution < 1.29 is 80.2 Å². The third kappa shape index (κ3) is 69.3. The summed E-state index contributed by atoms with van der Waals surface area (Å²) in [6.45, 7) is 9.41. The highest BCUT2D eigenvalue weighted by molar-refractivity contribution is 7.47. The van der Waals surface area contributed by atoms with Crippen molar-refractivity contribution in [1.82, 2.24) is 0 Å². The first kappa shape index (κ1) is 92.0. The molecule has 0 spiro atoms. The number of allylic oxidation sites excluding steroid dienone is 8. The van der Waals surface area contributed by atoms with Gasteiger partial charge in [0.05, 0.1) is 26.4 Å². The number of rotatable bonds is 71. The van der Waals surface area contributed by atoms with Crippen LogP contribution in [0, 0.1) is 11.8 Å². The molecule has 0 aromatic carbocycles. The van der Waals surface area contributed by atoms with Gasteiger partial charge in [0.15, 0.2) is 12.2 Å². The van der Waals surface area contributed by atoms with E-state index in [-0.39, 0.29) is 25.7 Å². The second-order valence-electron chi connectivity index (χ2n) is 27.0. The zero-order valence-corrected chi connectivity index (χ0v) is 62.7. The van der Waals surface area contributed by atoms with Gasteiger partial charge in [0.1, 0.15) is 19.3 Å². The van der Waals surface area contributed by atoms with Crippen molar-refractivity contribution in [2.75, 3.05) is 39.6 Å². The molecule has 0 saturated carbocycles. The summed E-state index contributed by atoms with van der Waals surface area (Å²) in [5.41, 5.74) is 0. The van der Waals surface area contributed by atoms with E-state index < -0.39 is 97.5 Å². The van der Waals surface area contributed by atoms with E-state index >= 15 is 0 Å². The number of unbranched alkanes of at least 4 members (excludes halogenated alkanes) is 35. The Bertz CT molecular complexity index is 2030. The number of phosphoric ester groups is 2. The van der Waals surface area contributed by atoms with Crippen LogP contribution in [0.3, 0.4) is 0 Å². The minimum absolute atomic E-state index is 0.0818. The molecule has 0 bridgehead atoms. The highest BCUT2D eigenvalue weighted by atomic mass is 31.2. The zero-order chi connectivity index (χ0) is 70.0. The number of esters is 4. The predicted molar refractivity (Wildman–Crippen MR) is 386 cm³/mol. The van der Waals surface area contributed by atoms with Crippen molar-refractivity contribution in [3.8, 4) is 0 Å². The first-order chi connectivity index (χ1) is 45.9. The quantitative estimate of drug-likeness (QED) is 0.0169. The summed E-state index contributed by atoms with van der Waals surface area (Å²) in [5, 5.41) is 10.6. The van der Waals surface area contributed by atoms with Crippen LogP contribution in [0.2, 0.25) is 0 Å². The monoisotopic (exact) mass is 1390 g/mol. The predicted octanol–water partition coefficient (Wildman–Crippen LogP) is 21.4. The molecule has 0 aliphatic rings. The summed E-state index contributed by atoms with van der Waals surface area (Å²) in [6.07, 6.45) is 59.9. The van der Waals surface area contributed by atoms with Gasteiger partial charge in [0.2, 0.25) is 0 Å². The fourth-order valence-electron chi connectivity index (χ4n) is 10.6. The van der Waals surface area contributed by atoms with E-state index in [0.29, 0.717) is 31.6 Å². The van der Waals surface area contributed by atoms with Gasteiger partial charge in [-0.1, -0.05) is 289 Å². The maximum atomic E-state index is 13.1. The second-order valence-corrected chi connectivity index (χ2v) is 29.9. The molecule has 0 amide bonds. The summed E-state index contributed by atoms with van der Waals surface area (Å²) >= 11 is 0. The van der Waals surface area contributed by atoms with Crippen LogP contribution < -0.4 is 0 Å². The van der Waals surface area contributed by atoms with Gasteiger partial charge in [0, 0.05) is 25.7 Å². The van der Waals surface area contributed by atoms with E-state index in [1.54, 1.807) is 0 Å². The van der Waals surface area contributed by atoms with Gasteiger partial charge >= 0.3 is 39.5 Å². The number of hydrogen-bond donors (Lipinski definition) is 3. The molecule has 3 unspecified atom stereocenters.